The van der Waals surface area contributed by atoms with Crippen molar-refractivity contribution < 1.29 is 4.79 Å². The SMILES string of the molecule is CC(Cc1c[nH]c2ccccc12)C(=O)N1CCc2ccccc2C1. The summed E-state index contributed by atoms with van der Waals surface area (Å²) in [5.74, 6) is 0.254. The van der Waals surface area contributed by atoms with E-state index >= 15 is 0 Å². The van der Waals surface area contributed by atoms with Crippen LogP contribution in [0.3, 0.4) is 0 Å². The Morgan fingerprint density at radius 2 is 1.88 bits per heavy atom. The van der Waals surface area contributed by atoms with Crippen LogP contribution in [0.2, 0.25) is 0 Å². The van der Waals surface area contributed by atoms with Gasteiger partial charge in [-0.15, -0.1) is 0 Å². The summed E-state index contributed by atoms with van der Waals surface area (Å²) < 4.78 is 0. The van der Waals surface area contributed by atoms with E-state index in [0.717, 1.165) is 31.4 Å². The molecule has 4 rings (SSSR count). The molecule has 1 unspecified atom stereocenters. The smallest absolute Gasteiger partial charge is 0.226 e. The second kappa shape index (κ2) is 6.16. The number of H-pyrrole nitrogens is 1. The van der Waals surface area contributed by atoms with Crippen LogP contribution in [0.1, 0.15) is 23.6 Å². The van der Waals surface area contributed by atoms with Crippen molar-refractivity contribution in [2.45, 2.75) is 26.3 Å². The maximum absolute atomic E-state index is 12.9. The molecule has 3 heteroatoms. The van der Waals surface area contributed by atoms with Crippen molar-refractivity contribution in [1.82, 2.24) is 9.88 Å². The van der Waals surface area contributed by atoms with E-state index in [1.165, 1.54) is 22.1 Å². The van der Waals surface area contributed by atoms with Gasteiger partial charge in [-0.3, -0.25) is 4.79 Å². The van der Waals surface area contributed by atoms with Crippen molar-refractivity contribution in [1.29, 1.82) is 0 Å². The van der Waals surface area contributed by atoms with Gasteiger partial charge in [0, 0.05) is 36.1 Å². The lowest BCUT2D eigenvalue weighted by molar-refractivity contribution is -0.135. The van der Waals surface area contributed by atoms with E-state index in [0.29, 0.717) is 0 Å². The highest BCUT2D eigenvalue weighted by atomic mass is 16.2. The van der Waals surface area contributed by atoms with Crippen LogP contribution in [0.4, 0.5) is 0 Å². The highest BCUT2D eigenvalue weighted by molar-refractivity contribution is 5.85. The first-order chi connectivity index (χ1) is 11.7. The fourth-order valence-corrected chi connectivity index (χ4v) is 3.71. The summed E-state index contributed by atoms with van der Waals surface area (Å²) in [6.07, 6.45) is 3.78. The number of para-hydroxylation sites is 1. The molecule has 1 amide bonds. The molecule has 0 aliphatic carbocycles. The monoisotopic (exact) mass is 318 g/mol. The van der Waals surface area contributed by atoms with Crippen molar-refractivity contribution in [2.75, 3.05) is 6.54 Å². The molecule has 0 spiro atoms. The number of benzene rings is 2. The first-order valence-electron chi connectivity index (χ1n) is 8.63. The molecule has 122 valence electrons. The summed E-state index contributed by atoms with van der Waals surface area (Å²) in [5, 5.41) is 1.22. The van der Waals surface area contributed by atoms with Crippen molar-refractivity contribution in [2.24, 2.45) is 5.92 Å². The number of hydrogen-bond acceptors (Lipinski definition) is 1. The van der Waals surface area contributed by atoms with Crippen LogP contribution < -0.4 is 0 Å². The largest absolute Gasteiger partial charge is 0.361 e. The van der Waals surface area contributed by atoms with Gasteiger partial charge in [0.05, 0.1) is 0 Å². The fourth-order valence-electron chi connectivity index (χ4n) is 3.71. The number of aromatic amines is 1. The Bertz CT molecular complexity index is 880. The van der Waals surface area contributed by atoms with E-state index in [-0.39, 0.29) is 11.8 Å². The zero-order chi connectivity index (χ0) is 16.5. The van der Waals surface area contributed by atoms with E-state index in [9.17, 15) is 4.79 Å². The Kier molecular flexibility index (Phi) is 3.85. The molecule has 1 N–H and O–H groups in total. The summed E-state index contributed by atoms with van der Waals surface area (Å²) in [7, 11) is 0. The molecule has 0 fully saturated rings. The average Bonchev–Trinajstić information content (AvgIpc) is 3.03. The predicted molar refractivity (Wildman–Crippen MR) is 96.7 cm³/mol. The molecule has 1 aromatic heterocycles. The number of aromatic nitrogens is 1. The molecule has 2 aromatic carbocycles. The molecule has 3 nitrogen and oxygen atoms in total. The number of fused-ring (bicyclic) bond motifs is 2. The number of amides is 1. The van der Waals surface area contributed by atoms with Gasteiger partial charge in [-0.2, -0.15) is 0 Å². The minimum atomic E-state index is -0.00512. The predicted octanol–water partition coefficient (Wildman–Crippen LogP) is 3.93. The lowest BCUT2D eigenvalue weighted by Crippen LogP contribution is -2.39. The number of nitrogens with zero attached hydrogens (tertiary/aromatic N) is 1. The Hall–Kier alpha value is -2.55. The molecule has 0 radical (unpaired) electrons. The third-order valence-corrected chi connectivity index (χ3v) is 5.06. The second-order valence-corrected chi connectivity index (χ2v) is 6.74. The van der Waals surface area contributed by atoms with E-state index < -0.39 is 0 Å². The molecule has 0 saturated heterocycles. The van der Waals surface area contributed by atoms with Crippen LogP contribution in [0.25, 0.3) is 10.9 Å². The van der Waals surface area contributed by atoms with Crippen molar-refractivity contribution in [3.05, 3.63) is 71.4 Å². The van der Waals surface area contributed by atoms with Crippen molar-refractivity contribution in [3.63, 3.8) is 0 Å². The van der Waals surface area contributed by atoms with Crippen LogP contribution in [0.15, 0.2) is 54.7 Å². The Morgan fingerprint density at radius 3 is 2.75 bits per heavy atom. The quantitative estimate of drug-likeness (QED) is 0.780. The molecule has 0 saturated carbocycles. The highest BCUT2D eigenvalue weighted by Crippen LogP contribution is 2.24. The molecule has 24 heavy (non-hydrogen) atoms. The first-order valence-corrected chi connectivity index (χ1v) is 8.63. The van der Waals surface area contributed by atoms with Gasteiger partial charge < -0.3 is 9.88 Å². The molecule has 2 heterocycles. The standard InChI is InChI=1S/C21H22N2O/c1-15(12-18-13-22-20-9-5-4-8-19(18)20)21(24)23-11-10-16-6-2-3-7-17(16)14-23/h2-9,13,15,22H,10-12,14H2,1H3. The van der Waals surface area contributed by atoms with Crippen LogP contribution in [0, 0.1) is 5.92 Å². The lowest BCUT2D eigenvalue weighted by atomic mass is 9.96. The molecule has 1 atom stereocenters. The summed E-state index contributed by atoms with van der Waals surface area (Å²) in [6.45, 7) is 3.62. The van der Waals surface area contributed by atoms with Crippen molar-refractivity contribution >= 4 is 16.8 Å². The maximum atomic E-state index is 12.9. The minimum absolute atomic E-state index is 0.00512. The van der Waals surface area contributed by atoms with Gasteiger partial charge in [0.15, 0.2) is 0 Å². The lowest BCUT2D eigenvalue weighted by Gasteiger charge is -2.31. The fraction of sp³-hybridized carbons (Fsp3) is 0.286. The highest BCUT2D eigenvalue weighted by Gasteiger charge is 2.25. The second-order valence-electron chi connectivity index (χ2n) is 6.74. The van der Waals surface area contributed by atoms with E-state index in [2.05, 4.69) is 41.4 Å². The third-order valence-electron chi connectivity index (χ3n) is 5.06. The molecule has 3 aromatic rings. The summed E-state index contributed by atoms with van der Waals surface area (Å²) in [6, 6.07) is 16.7. The molecule has 0 bridgehead atoms. The van der Waals surface area contributed by atoms with Crippen LogP contribution >= 0.6 is 0 Å². The summed E-state index contributed by atoms with van der Waals surface area (Å²) >= 11 is 0. The molecular formula is C21H22N2O. The maximum Gasteiger partial charge on any atom is 0.226 e. The summed E-state index contributed by atoms with van der Waals surface area (Å²) in [4.78, 5) is 18.2. The van der Waals surface area contributed by atoms with Crippen LogP contribution in [-0.2, 0) is 24.2 Å². The van der Waals surface area contributed by atoms with Gasteiger partial charge in [-0.1, -0.05) is 49.4 Å². The van der Waals surface area contributed by atoms with Gasteiger partial charge in [0.2, 0.25) is 5.91 Å². The number of carbonyl (C=O) groups is 1. The van der Waals surface area contributed by atoms with E-state index in [4.69, 9.17) is 0 Å². The average molecular weight is 318 g/mol. The number of nitrogens with one attached hydrogen (secondary N) is 1. The third kappa shape index (κ3) is 2.71. The number of carbonyl (C=O) groups excluding carboxylic acids is 1. The Balaban J connectivity index is 1.49. The van der Waals surface area contributed by atoms with Crippen molar-refractivity contribution in [3.8, 4) is 0 Å². The molecule has 1 aliphatic rings. The van der Waals surface area contributed by atoms with Gasteiger partial charge in [0.1, 0.15) is 0 Å². The van der Waals surface area contributed by atoms with Gasteiger partial charge in [0.25, 0.3) is 0 Å². The molecular weight excluding hydrogens is 296 g/mol. The van der Waals surface area contributed by atoms with E-state index in [1.54, 1.807) is 0 Å². The topological polar surface area (TPSA) is 36.1 Å². The Labute approximate surface area is 142 Å². The number of rotatable bonds is 3. The number of hydrogen-bond donors (Lipinski definition) is 1. The zero-order valence-electron chi connectivity index (χ0n) is 14.0. The van der Waals surface area contributed by atoms with Crippen LogP contribution in [0.5, 0.6) is 0 Å². The first kappa shape index (κ1) is 15.0. The van der Waals surface area contributed by atoms with Gasteiger partial charge in [-0.05, 0) is 35.6 Å². The molecule has 1 aliphatic heterocycles. The zero-order valence-corrected chi connectivity index (χ0v) is 14.0. The summed E-state index contributed by atoms with van der Waals surface area (Å²) in [5.41, 5.74) is 5.03. The van der Waals surface area contributed by atoms with Crippen LogP contribution in [-0.4, -0.2) is 22.3 Å². The van der Waals surface area contributed by atoms with Gasteiger partial charge >= 0.3 is 0 Å². The van der Waals surface area contributed by atoms with E-state index in [1.807, 2.05) is 30.2 Å². The normalized spacial score (nSPS) is 15.3. The minimum Gasteiger partial charge on any atom is -0.361 e. The van der Waals surface area contributed by atoms with Gasteiger partial charge in [-0.25, -0.2) is 0 Å². The Morgan fingerprint density at radius 1 is 1.12 bits per heavy atom.